The van der Waals surface area contributed by atoms with Gasteiger partial charge in [-0.1, -0.05) is 25.5 Å². The molecule has 0 aliphatic carbocycles. The number of carbonyl (C=O) groups is 1. The molecular weight excluding hydrogens is 200 g/mol. The zero-order chi connectivity index (χ0) is 11.8. The monoisotopic (exact) mass is 218 g/mol. The van der Waals surface area contributed by atoms with Gasteiger partial charge in [0.05, 0.1) is 7.11 Å². The van der Waals surface area contributed by atoms with Crippen LogP contribution in [0, 0.1) is 0 Å². The second kappa shape index (κ2) is 6.83. The van der Waals surface area contributed by atoms with E-state index in [1.54, 1.807) is 13.2 Å². The molecule has 0 amide bonds. The Kier molecular flexibility index (Phi) is 5.34. The van der Waals surface area contributed by atoms with Crippen molar-refractivity contribution >= 4 is 11.9 Å². The van der Waals surface area contributed by atoms with E-state index in [9.17, 15) is 4.79 Å². The molecule has 0 N–H and O–H groups in total. The van der Waals surface area contributed by atoms with Crippen molar-refractivity contribution in [3.8, 4) is 5.75 Å². The summed E-state index contributed by atoms with van der Waals surface area (Å²) < 4.78 is 5.10. The van der Waals surface area contributed by atoms with E-state index >= 15 is 0 Å². The molecule has 0 fully saturated rings. The lowest BCUT2D eigenvalue weighted by Crippen LogP contribution is -1.88. The Morgan fingerprint density at radius 3 is 2.50 bits per heavy atom. The summed E-state index contributed by atoms with van der Waals surface area (Å²) in [5.74, 6) is 0.838. The molecule has 0 atom stereocenters. The predicted molar refractivity (Wildman–Crippen MR) is 66.6 cm³/mol. The van der Waals surface area contributed by atoms with Crippen LogP contribution in [0.4, 0.5) is 0 Å². The molecule has 0 saturated carbocycles. The highest BCUT2D eigenvalue weighted by Crippen LogP contribution is 2.22. The Labute approximate surface area is 96.9 Å². The molecule has 0 heterocycles. The van der Waals surface area contributed by atoms with E-state index in [1.807, 2.05) is 24.3 Å². The second-order valence-corrected chi connectivity index (χ2v) is 3.66. The van der Waals surface area contributed by atoms with E-state index in [1.165, 1.54) is 0 Å². The number of rotatable bonds is 6. The van der Waals surface area contributed by atoms with Crippen molar-refractivity contribution in [1.29, 1.82) is 0 Å². The van der Waals surface area contributed by atoms with Gasteiger partial charge in [0, 0.05) is 0 Å². The normalized spacial score (nSPS) is 11.2. The van der Waals surface area contributed by atoms with Crippen LogP contribution in [-0.2, 0) is 4.79 Å². The van der Waals surface area contributed by atoms with Gasteiger partial charge in [-0.3, -0.25) is 4.79 Å². The molecule has 0 spiro atoms. The Hall–Kier alpha value is -1.57. The first-order valence-electron chi connectivity index (χ1n) is 5.60. The number of unbranched alkanes of at least 4 members (excludes halogenated alkanes) is 1. The lowest BCUT2D eigenvalue weighted by Gasteiger charge is -2.07. The van der Waals surface area contributed by atoms with Gasteiger partial charge < -0.3 is 4.74 Å². The topological polar surface area (TPSA) is 26.3 Å². The Morgan fingerprint density at radius 2 is 2.00 bits per heavy atom. The minimum absolute atomic E-state index is 0.838. The maximum atomic E-state index is 10.6. The van der Waals surface area contributed by atoms with Crippen LogP contribution in [0.25, 0.3) is 5.57 Å². The fraction of sp³-hybridized carbons (Fsp3) is 0.357. The molecule has 2 nitrogen and oxygen atoms in total. The first kappa shape index (κ1) is 12.5. The Bertz CT molecular complexity index is 350. The van der Waals surface area contributed by atoms with Gasteiger partial charge in [-0.2, -0.15) is 0 Å². The van der Waals surface area contributed by atoms with Crippen molar-refractivity contribution in [3.05, 3.63) is 35.9 Å². The Morgan fingerprint density at radius 1 is 1.31 bits per heavy atom. The average molecular weight is 218 g/mol. The van der Waals surface area contributed by atoms with Crippen LogP contribution in [0.2, 0.25) is 0 Å². The summed E-state index contributed by atoms with van der Waals surface area (Å²) in [6.07, 6.45) is 5.69. The third kappa shape index (κ3) is 3.54. The van der Waals surface area contributed by atoms with Crippen molar-refractivity contribution in [2.75, 3.05) is 7.11 Å². The van der Waals surface area contributed by atoms with E-state index in [0.717, 1.165) is 42.4 Å². The van der Waals surface area contributed by atoms with Crippen LogP contribution in [-0.4, -0.2) is 13.4 Å². The fourth-order valence-electron chi connectivity index (χ4n) is 1.58. The van der Waals surface area contributed by atoms with E-state index in [0.29, 0.717) is 0 Å². The lowest BCUT2D eigenvalue weighted by atomic mass is 10.00. The van der Waals surface area contributed by atoms with Gasteiger partial charge >= 0.3 is 0 Å². The zero-order valence-electron chi connectivity index (χ0n) is 9.90. The molecule has 1 rings (SSSR count). The molecule has 0 saturated heterocycles. The van der Waals surface area contributed by atoms with Gasteiger partial charge in [-0.15, -0.1) is 0 Å². The molecule has 0 radical (unpaired) electrons. The number of methoxy groups -OCH3 is 1. The van der Waals surface area contributed by atoms with E-state index in [2.05, 4.69) is 6.92 Å². The lowest BCUT2D eigenvalue weighted by molar-refractivity contribution is -0.104. The maximum absolute atomic E-state index is 10.6. The maximum Gasteiger partial charge on any atom is 0.143 e. The third-order valence-electron chi connectivity index (χ3n) is 2.53. The molecule has 0 aromatic heterocycles. The number of aldehydes is 1. The average Bonchev–Trinajstić information content (AvgIpc) is 2.35. The first-order chi connectivity index (χ1) is 7.81. The standard InChI is InChI=1S/C14H18O2/c1-3-4-5-12(10-11-15)13-6-8-14(16-2)9-7-13/h6-11H,3-5H2,1-2H3/b12-10-. The third-order valence-corrected chi connectivity index (χ3v) is 2.53. The molecule has 0 unspecified atom stereocenters. The number of allylic oxidation sites excluding steroid dienone is 2. The predicted octanol–water partition coefficient (Wildman–Crippen LogP) is 3.47. The minimum atomic E-state index is 0.838. The van der Waals surface area contributed by atoms with E-state index in [-0.39, 0.29) is 0 Å². The molecule has 0 aliphatic heterocycles. The SMILES string of the molecule is CCCC/C(=C/C=O)c1ccc(OC)cc1. The second-order valence-electron chi connectivity index (χ2n) is 3.66. The molecule has 0 aliphatic rings. The van der Waals surface area contributed by atoms with E-state index in [4.69, 9.17) is 4.74 Å². The first-order valence-corrected chi connectivity index (χ1v) is 5.60. The van der Waals surface area contributed by atoms with Gasteiger partial charge in [0.2, 0.25) is 0 Å². The van der Waals surface area contributed by atoms with Crippen LogP contribution in [0.5, 0.6) is 5.75 Å². The summed E-state index contributed by atoms with van der Waals surface area (Å²) in [6.45, 7) is 2.15. The largest absolute Gasteiger partial charge is 0.497 e. The molecule has 0 bridgehead atoms. The van der Waals surface area contributed by atoms with Crippen molar-refractivity contribution in [2.45, 2.75) is 26.2 Å². The van der Waals surface area contributed by atoms with Crippen molar-refractivity contribution < 1.29 is 9.53 Å². The van der Waals surface area contributed by atoms with Gasteiger partial charge in [0.1, 0.15) is 12.0 Å². The van der Waals surface area contributed by atoms with Crippen molar-refractivity contribution in [2.24, 2.45) is 0 Å². The highest BCUT2D eigenvalue weighted by atomic mass is 16.5. The van der Waals surface area contributed by atoms with Crippen LogP contribution >= 0.6 is 0 Å². The summed E-state index contributed by atoms with van der Waals surface area (Å²) in [7, 11) is 1.65. The van der Waals surface area contributed by atoms with Gasteiger partial charge in [-0.25, -0.2) is 0 Å². The number of hydrogen-bond acceptors (Lipinski definition) is 2. The van der Waals surface area contributed by atoms with Crippen molar-refractivity contribution in [1.82, 2.24) is 0 Å². The number of benzene rings is 1. The summed E-state index contributed by atoms with van der Waals surface area (Å²) in [5, 5.41) is 0. The van der Waals surface area contributed by atoms with Crippen LogP contribution in [0.3, 0.4) is 0 Å². The highest BCUT2D eigenvalue weighted by molar-refractivity contribution is 5.81. The fourth-order valence-corrected chi connectivity index (χ4v) is 1.58. The quantitative estimate of drug-likeness (QED) is 0.540. The highest BCUT2D eigenvalue weighted by Gasteiger charge is 2.01. The van der Waals surface area contributed by atoms with Crippen LogP contribution in [0.15, 0.2) is 30.3 Å². The number of hydrogen-bond donors (Lipinski definition) is 0. The number of carbonyl (C=O) groups excluding carboxylic acids is 1. The smallest absolute Gasteiger partial charge is 0.143 e. The summed E-state index contributed by atoms with van der Waals surface area (Å²) in [6, 6.07) is 7.81. The summed E-state index contributed by atoms with van der Waals surface area (Å²) in [5.41, 5.74) is 2.20. The minimum Gasteiger partial charge on any atom is -0.497 e. The molecule has 2 heteroatoms. The van der Waals surface area contributed by atoms with Gasteiger partial charge in [0.25, 0.3) is 0 Å². The Balaban J connectivity index is 2.84. The molecule has 16 heavy (non-hydrogen) atoms. The van der Waals surface area contributed by atoms with Crippen LogP contribution < -0.4 is 4.74 Å². The van der Waals surface area contributed by atoms with Gasteiger partial charge in [-0.05, 0) is 42.2 Å². The van der Waals surface area contributed by atoms with Gasteiger partial charge in [0.15, 0.2) is 0 Å². The van der Waals surface area contributed by atoms with E-state index < -0.39 is 0 Å². The van der Waals surface area contributed by atoms with Crippen molar-refractivity contribution in [3.63, 3.8) is 0 Å². The zero-order valence-corrected chi connectivity index (χ0v) is 9.90. The summed E-state index contributed by atoms with van der Waals surface area (Å²) >= 11 is 0. The molecule has 1 aromatic rings. The summed E-state index contributed by atoms with van der Waals surface area (Å²) in [4.78, 5) is 10.6. The van der Waals surface area contributed by atoms with Crippen LogP contribution in [0.1, 0.15) is 31.7 Å². The molecule has 1 aromatic carbocycles. The molecular formula is C14H18O2. The molecule has 86 valence electrons. The number of ether oxygens (including phenoxy) is 1.